The lowest BCUT2D eigenvalue weighted by Gasteiger charge is -2.28. The van der Waals surface area contributed by atoms with Crippen LogP contribution in [-0.4, -0.2) is 6.54 Å². The van der Waals surface area contributed by atoms with Crippen molar-refractivity contribution in [3.8, 4) is 0 Å². The number of nitrogens with two attached hydrogens (primary N) is 1. The van der Waals surface area contributed by atoms with Crippen LogP contribution < -0.4 is 10.6 Å². The minimum absolute atomic E-state index is 0.712. The van der Waals surface area contributed by atoms with E-state index in [4.69, 9.17) is 5.73 Å². The maximum absolute atomic E-state index is 5.74. The highest BCUT2D eigenvalue weighted by Crippen LogP contribution is 2.37. The third-order valence-corrected chi connectivity index (χ3v) is 4.47. The van der Waals surface area contributed by atoms with Crippen LogP contribution in [-0.2, 0) is 6.42 Å². The molecular weight excluding hydrogens is 304 g/mol. The standard InChI is InChI=1S/C23H26N2/c1-18-9-13-21(14-10-18)25(22-15-11-19(2)12-16-22)23-8-4-3-6-20(23)7-5-17-24/h3-4,6,8-16H,5,7,17,24H2,1-2H3. The predicted molar refractivity (Wildman–Crippen MR) is 108 cm³/mol. The number of aryl methyl sites for hydroxylation is 3. The van der Waals surface area contributed by atoms with E-state index in [9.17, 15) is 0 Å². The lowest BCUT2D eigenvalue weighted by molar-refractivity contribution is 0.832. The highest BCUT2D eigenvalue weighted by Gasteiger charge is 2.15. The topological polar surface area (TPSA) is 29.3 Å². The number of anilines is 3. The summed E-state index contributed by atoms with van der Waals surface area (Å²) in [6, 6.07) is 26.0. The average Bonchev–Trinajstić information content (AvgIpc) is 2.64. The lowest BCUT2D eigenvalue weighted by atomic mass is 10.0. The van der Waals surface area contributed by atoms with Crippen molar-refractivity contribution in [2.24, 2.45) is 5.73 Å². The number of hydrogen-bond donors (Lipinski definition) is 1. The van der Waals surface area contributed by atoms with Crippen molar-refractivity contribution in [3.05, 3.63) is 89.5 Å². The molecule has 3 rings (SSSR count). The Hall–Kier alpha value is -2.58. The van der Waals surface area contributed by atoms with Gasteiger partial charge in [0.1, 0.15) is 0 Å². The summed E-state index contributed by atoms with van der Waals surface area (Å²) in [7, 11) is 0. The van der Waals surface area contributed by atoms with Gasteiger partial charge < -0.3 is 10.6 Å². The lowest BCUT2D eigenvalue weighted by Crippen LogP contribution is -2.13. The minimum Gasteiger partial charge on any atom is -0.330 e. The molecule has 3 aromatic rings. The molecule has 0 aliphatic rings. The van der Waals surface area contributed by atoms with E-state index in [2.05, 4.69) is 91.5 Å². The Labute approximate surface area is 150 Å². The largest absolute Gasteiger partial charge is 0.330 e. The van der Waals surface area contributed by atoms with Crippen LogP contribution in [0.5, 0.6) is 0 Å². The molecule has 0 bridgehead atoms. The van der Waals surface area contributed by atoms with Gasteiger partial charge in [-0.2, -0.15) is 0 Å². The monoisotopic (exact) mass is 330 g/mol. The summed E-state index contributed by atoms with van der Waals surface area (Å²) in [5.41, 5.74) is 13.2. The van der Waals surface area contributed by atoms with Crippen molar-refractivity contribution >= 4 is 17.1 Å². The van der Waals surface area contributed by atoms with Crippen LogP contribution in [0.1, 0.15) is 23.1 Å². The molecule has 128 valence electrons. The summed E-state index contributed by atoms with van der Waals surface area (Å²) in [5.74, 6) is 0. The van der Waals surface area contributed by atoms with Gasteiger partial charge in [-0.1, -0.05) is 53.6 Å². The van der Waals surface area contributed by atoms with Crippen LogP contribution in [0, 0.1) is 13.8 Å². The predicted octanol–water partition coefficient (Wildman–Crippen LogP) is 5.66. The quantitative estimate of drug-likeness (QED) is 0.631. The first-order chi connectivity index (χ1) is 12.2. The Morgan fingerprint density at radius 1 is 0.720 bits per heavy atom. The molecule has 2 nitrogen and oxygen atoms in total. The first-order valence-electron chi connectivity index (χ1n) is 8.90. The smallest absolute Gasteiger partial charge is 0.0493 e. The molecule has 2 heteroatoms. The SMILES string of the molecule is Cc1ccc(N(c2ccc(C)cc2)c2ccccc2CCCN)cc1. The van der Waals surface area contributed by atoms with Gasteiger partial charge in [-0.25, -0.2) is 0 Å². The van der Waals surface area contributed by atoms with Gasteiger partial charge in [-0.15, -0.1) is 0 Å². The number of para-hydroxylation sites is 1. The summed E-state index contributed by atoms with van der Waals surface area (Å²) in [4.78, 5) is 2.34. The second kappa shape index (κ2) is 8.00. The van der Waals surface area contributed by atoms with Gasteiger partial charge in [0.25, 0.3) is 0 Å². The summed E-state index contributed by atoms with van der Waals surface area (Å²) in [6.07, 6.45) is 1.98. The van der Waals surface area contributed by atoms with Crippen LogP contribution in [0.25, 0.3) is 0 Å². The van der Waals surface area contributed by atoms with Crippen LogP contribution in [0.2, 0.25) is 0 Å². The summed E-state index contributed by atoms with van der Waals surface area (Å²) in [5, 5.41) is 0. The van der Waals surface area contributed by atoms with Crippen molar-refractivity contribution in [1.82, 2.24) is 0 Å². The molecule has 3 aromatic carbocycles. The van der Waals surface area contributed by atoms with E-state index in [0.29, 0.717) is 6.54 Å². The van der Waals surface area contributed by atoms with Gasteiger partial charge in [0.2, 0.25) is 0 Å². The molecule has 0 saturated carbocycles. The van der Waals surface area contributed by atoms with Crippen molar-refractivity contribution in [2.45, 2.75) is 26.7 Å². The van der Waals surface area contributed by atoms with E-state index < -0.39 is 0 Å². The molecule has 0 atom stereocenters. The first-order valence-corrected chi connectivity index (χ1v) is 8.90. The Morgan fingerprint density at radius 3 is 1.76 bits per heavy atom. The van der Waals surface area contributed by atoms with Gasteiger partial charge in [0.05, 0.1) is 0 Å². The Morgan fingerprint density at radius 2 is 1.24 bits per heavy atom. The molecule has 0 fully saturated rings. The molecule has 0 aliphatic carbocycles. The number of nitrogens with zero attached hydrogens (tertiary/aromatic N) is 1. The second-order valence-corrected chi connectivity index (χ2v) is 6.53. The van der Waals surface area contributed by atoms with E-state index >= 15 is 0 Å². The normalized spacial score (nSPS) is 10.7. The van der Waals surface area contributed by atoms with Gasteiger partial charge in [-0.05, 0) is 69.1 Å². The Bertz CT molecular complexity index is 759. The molecule has 0 radical (unpaired) electrons. The van der Waals surface area contributed by atoms with E-state index in [-0.39, 0.29) is 0 Å². The molecule has 0 saturated heterocycles. The van der Waals surface area contributed by atoms with Crippen LogP contribution in [0.4, 0.5) is 17.1 Å². The van der Waals surface area contributed by atoms with Gasteiger partial charge in [0, 0.05) is 17.1 Å². The van der Waals surface area contributed by atoms with Crippen LogP contribution in [0.3, 0.4) is 0 Å². The molecule has 25 heavy (non-hydrogen) atoms. The fourth-order valence-electron chi connectivity index (χ4n) is 3.05. The van der Waals surface area contributed by atoms with Crippen molar-refractivity contribution < 1.29 is 0 Å². The molecule has 0 aliphatic heterocycles. The molecule has 2 N–H and O–H groups in total. The second-order valence-electron chi connectivity index (χ2n) is 6.53. The average molecular weight is 330 g/mol. The third kappa shape index (κ3) is 4.09. The van der Waals surface area contributed by atoms with E-state index in [1.165, 1.54) is 33.8 Å². The zero-order valence-electron chi connectivity index (χ0n) is 15.1. The Kier molecular flexibility index (Phi) is 5.52. The van der Waals surface area contributed by atoms with Crippen LogP contribution >= 0.6 is 0 Å². The fraction of sp³-hybridized carbons (Fsp3) is 0.217. The number of hydrogen-bond acceptors (Lipinski definition) is 2. The fourth-order valence-corrected chi connectivity index (χ4v) is 3.05. The zero-order chi connectivity index (χ0) is 17.6. The molecule has 0 aromatic heterocycles. The molecule has 0 amide bonds. The summed E-state index contributed by atoms with van der Waals surface area (Å²) < 4.78 is 0. The van der Waals surface area contributed by atoms with Crippen LogP contribution in [0.15, 0.2) is 72.8 Å². The first kappa shape index (κ1) is 17.2. The maximum atomic E-state index is 5.74. The summed E-state index contributed by atoms with van der Waals surface area (Å²) in [6.45, 7) is 4.95. The van der Waals surface area contributed by atoms with E-state index in [1.54, 1.807) is 0 Å². The van der Waals surface area contributed by atoms with E-state index in [0.717, 1.165) is 12.8 Å². The van der Waals surface area contributed by atoms with Crippen molar-refractivity contribution in [3.63, 3.8) is 0 Å². The molecule has 0 heterocycles. The van der Waals surface area contributed by atoms with Gasteiger partial charge >= 0.3 is 0 Å². The van der Waals surface area contributed by atoms with Gasteiger partial charge in [-0.3, -0.25) is 0 Å². The van der Waals surface area contributed by atoms with Crippen molar-refractivity contribution in [2.75, 3.05) is 11.4 Å². The minimum atomic E-state index is 0.712. The van der Waals surface area contributed by atoms with Gasteiger partial charge in [0.15, 0.2) is 0 Å². The number of benzene rings is 3. The highest BCUT2D eigenvalue weighted by molar-refractivity contribution is 5.78. The number of rotatable bonds is 6. The van der Waals surface area contributed by atoms with E-state index in [1.807, 2.05) is 0 Å². The zero-order valence-corrected chi connectivity index (χ0v) is 15.1. The Balaban J connectivity index is 2.11. The molecular formula is C23H26N2. The van der Waals surface area contributed by atoms with Crippen molar-refractivity contribution in [1.29, 1.82) is 0 Å². The molecule has 0 spiro atoms. The summed E-state index contributed by atoms with van der Waals surface area (Å²) >= 11 is 0. The molecule has 0 unspecified atom stereocenters. The maximum Gasteiger partial charge on any atom is 0.0493 e. The highest BCUT2D eigenvalue weighted by atomic mass is 15.1. The third-order valence-electron chi connectivity index (χ3n) is 4.47.